The molecule has 8 nitrogen and oxygen atoms in total. The molecule has 2 atom stereocenters. The molecule has 2 aromatic rings. The number of amides is 1. The monoisotopic (exact) mass is 459 g/mol. The maximum Gasteiger partial charge on any atom is 0.240 e. The van der Waals surface area contributed by atoms with E-state index in [0.717, 1.165) is 29.3 Å². The number of carbonyl (C=O) groups is 1. The molecule has 1 aliphatic heterocycles. The summed E-state index contributed by atoms with van der Waals surface area (Å²) in [5, 5.41) is 12.7. The van der Waals surface area contributed by atoms with Gasteiger partial charge in [-0.3, -0.25) is 4.79 Å². The molecule has 1 saturated heterocycles. The summed E-state index contributed by atoms with van der Waals surface area (Å²) in [6.07, 6.45) is 3.98. The smallest absolute Gasteiger partial charge is 0.240 e. The van der Waals surface area contributed by atoms with Gasteiger partial charge in [0.05, 0.1) is 30.6 Å². The van der Waals surface area contributed by atoms with Crippen LogP contribution in [0.4, 0.5) is 0 Å². The van der Waals surface area contributed by atoms with E-state index in [9.17, 15) is 4.79 Å². The predicted octanol–water partition coefficient (Wildman–Crippen LogP) is 3.10. The van der Waals surface area contributed by atoms with Crippen LogP contribution in [-0.2, 0) is 27.9 Å². The highest BCUT2D eigenvalue weighted by Gasteiger charge is 2.30. The van der Waals surface area contributed by atoms with Crippen molar-refractivity contribution < 1.29 is 14.3 Å². The molecule has 2 unspecified atom stereocenters. The van der Waals surface area contributed by atoms with Crippen LogP contribution in [0.3, 0.4) is 0 Å². The van der Waals surface area contributed by atoms with Crippen molar-refractivity contribution in [3.05, 3.63) is 53.6 Å². The van der Waals surface area contributed by atoms with Gasteiger partial charge in [-0.15, -0.1) is 10.2 Å². The van der Waals surface area contributed by atoms with Crippen molar-refractivity contribution in [1.29, 1.82) is 0 Å². The number of ether oxygens (including phenoxy) is 2. The lowest BCUT2D eigenvalue weighted by molar-refractivity contribution is -0.126. The minimum absolute atomic E-state index is 0.219. The number of nitrogens with zero attached hydrogens (tertiary/aromatic N) is 3. The molecule has 0 radical (unpaired) electrons. The quantitative estimate of drug-likeness (QED) is 0.562. The van der Waals surface area contributed by atoms with Gasteiger partial charge in [0.1, 0.15) is 11.8 Å². The number of benzene rings is 1. The predicted molar refractivity (Wildman–Crippen MR) is 125 cm³/mol. The Morgan fingerprint density at radius 1 is 1.41 bits per heavy atom. The molecule has 1 aromatic heterocycles. The lowest BCUT2D eigenvalue weighted by atomic mass is 10.1. The number of carbonyl (C=O) groups excluding carboxylic acids is 1. The van der Waals surface area contributed by atoms with E-state index >= 15 is 0 Å². The Hall–Kier alpha value is -2.36. The lowest BCUT2D eigenvalue weighted by Crippen LogP contribution is -2.51. The summed E-state index contributed by atoms with van der Waals surface area (Å²) < 4.78 is 13.6. The number of hydrogen-bond donors (Lipinski definition) is 2. The zero-order valence-electron chi connectivity index (χ0n) is 19.2. The molecule has 1 fully saturated rings. The van der Waals surface area contributed by atoms with E-state index < -0.39 is 11.6 Å². The first-order chi connectivity index (χ1) is 15.3. The van der Waals surface area contributed by atoms with E-state index in [1.165, 1.54) is 0 Å². The fraction of sp³-hybridized carbons (Fsp3) is 0.522. The first-order valence-electron chi connectivity index (χ1n) is 10.9. The minimum Gasteiger partial charge on any atom is -0.497 e. The number of nitrogens with two attached hydrogens (primary N) is 1. The Kier molecular flexibility index (Phi) is 8.33. The third-order valence-electron chi connectivity index (χ3n) is 5.09. The summed E-state index contributed by atoms with van der Waals surface area (Å²) in [5.41, 5.74) is 6.04. The number of thioether (sulfide) groups is 1. The molecule has 9 heteroatoms. The van der Waals surface area contributed by atoms with Crippen molar-refractivity contribution in [1.82, 2.24) is 20.1 Å². The van der Waals surface area contributed by atoms with Crippen LogP contribution >= 0.6 is 11.8 Å². The average molecular weight is 460 g/mol. The number of allylic oxidation sites excluding steroid dienone is 1. The molecule has 1 aliphatic rings. The molecule has 2 heterocycles. The van der Waals surface area contributed by atoms with Crippen LogP contribution in [0.15, 0.2) is 47.3 Å². The van der Waals surface area contributed by atoms with Gasteiger partial charge in [-0.2, -0.15) is 0 Å². The first-order valence-corrected chi connectivity index (χ1v) is 11.8. The number of rotatable bonds is 10. The SMILES string of the molecule is CC/C=C1/OCCC1Sc1nnc(C(COCc2ccccc2)NC(=O)C(C)(C)N)n1C. The van der Waals surface area contributed by atoms with E-state index in [2.05, 4.69) is 28.5 Å². The fourth-order valence-corrected chi connectivity index (χ4v) is 4.37. The summed E-state index contributed by atoms with van der Waals surface area (Å²) in [5.74, 6) is 1.35. The van der Waals surface area contributed by atoms with E-state index in [4.69, 9.17) is 15.2 Å². The zero-order valence-corrected chi connectivity index (χ0v) is 20.0. The number of hydrogen-bond acceptors (Lipinski definition) is 7. The van der Waals surface area contributed by atoms with Crippen LogP contribution in [-0.4, -0.2) is 44.7 Å². The zero-order chi connectivity index (χ0) is 23.1. The molecule has 3 N–H and O–H groups in total. The van der Waals surface area contributed by atoms with Crippen LogP contribution < -0.4 is 11.1 Å². The minimum atomic E-state index is -1.02. The van der Waals surface area contributed by atoms with Crippen LogP contribution in [0, 0.1) is 0 Å². The van der Waals surface area contributed by atoms with Gasteiger partial charge in [0.15, 0.2) is 11.0 Å². The molecule has 0 spiro atoms. The van der Waals surface area contributed by atoms with Gasteiger partial charge in [0, 0.05) is 13.5 Å². The van der Waals surface area contributed by atoms with E-state index in [-0.39, 0.29) is 17.8 Å². The molecule has 174 valence electrons. The van der Waals surface area contributed by atoms with Crippen molar-refractivity contribution in [2.75, 3.05) is 13.2 Å². The second kappa shape index (κ2) is 11.0. The second-order valence-electron chi connectivity index (χ2n) is 8.41. The van der Waals surface area contributed by atoms with Crippen molar-refractivity contribution in [2.45, 2.75) is 62.2 Å². The lowest BCUT2D eigenvalue weighted by Gasteiger charge is -2.24. The highest BCUT2D eigenvalue weighted by atomic mass is 32.2. The third kappa shape index (κ3) is 6.34. The third-order valence-corrected chi connectivity index (χ3v) is 6.40. The van der Waals surface area contributed by atoms with Crippen LogP contribution in [0.5, 0.6) is 0 Å². The van der Waals surface area contributed by atoms with Gasteiger partial charge in [0.2, 0.25) is 5.91 Å². The Labute approximate surface area is 193 Å². The Morgan fingerprint density at radius 2 is 2.16 bits per heavy atom. The molecule has 32 heavy (non-hydrogen) atoms. The normalized spacial score (nSPS) is 18.5. The summed E-state index contributed by atoms with van der Waals surface area (Å²) in [6.45, 7) is 6.84. The molecule has 1 aromatic carbocycles. The van der Waals surface area contributed by atoms with Gasteiger partial charge in [-0.05, 0) is 31.9 Å². The van der Waals surface area contributed by atoms with Crippen LogP contribution in [0.1, 0.15) is 51.0 Å². The van der Waals surface area contributed by atoms with E-state index in [1.807, 2.05) is 41.9 Å². The van der Waals surface area contributed by atoms with Gasteiger partial charge >= 0.3 is 0 Å². The Morgan fingerprint density at radius 3 is 2.84 bits per heavy atom. The molecule has 0 aliphatic carbocycles. The second-order valence-corrected chi connectivity index (χ2v) is 9.58. The van der Waals surface area contributed by atoms with E-state index in [0.29, 0.717) is 19.0 Å². The molecule has 0 saturated carbocycles. The summed E-state index contributed by atoms with van der Waals surface area (Å²) >= 11 is 1.63. The average Bonchev–Trinajstić information content (AvgIpc) is 3.34. The highest BCUT2D eigenvalue weighted by Crippen LogP contribution is 2.34. The fourth-order valence-electron chi connectivity index (χ4n) is 3.28. The molecule has 0 bridgehead atoms. The maximum absolute atomic E-state index is 12.6. The highest BCUT2D eigenvalue weighted by molar-refractivity contribution is 8.00. The van der Waals surface area contributed by atoms with Gasteiger partial charge in [0.25, 0.3) is 0 Å². The van der Waals surface area contributed by atoms with Gasteiger partial charge in [-0.1, -0.05) is 49.0 Å². The topological polar surface area (TPSA) is 104 Å². The van der Waals surface area contributed by atoms with Crippen LogP contribution in [0.2, 0.25) is 0 Å². The van der Waals surface area contributed by atoms with Crippen molar-refractivity contribution in [2.24, 2.45) is 12.8 Å². The summed E-state index contributed by atoms with van der Waals surface area (Å²) in [6, 6.07) is 9.42. The van der Waals surface area contributed by atoms with Crippen molar-refractivity contribution in [3.8, 4) is 0 Å². The first kappa shape index (κ1) is 24.3. The number of nitrogens with one attached hydrogen (secondary N) is 1. The summed E-state index contributed by atoms with van der Waals surface area (Å²) in [4.78, 5) is 12.6. The maximum atomic E-state index is 12.6. The van der Waals surface area contributed by atoms with Crippen LogP contribution in [0.25, 0.3) is 0 Å². The van der Waals surface area contributed by atoms with Gasteiger partial charge in [-0.25, -0.2) is 0 Å². The van der Waals surface area contributed by atoms with Gasteiger partial charge < -0.3 is 25.1 Å². The molecule has 3 rings (SSSR count). The molecule has 1 amide bonds. The summed E-state index contributed by atoms with van der Waals surface area (Å²) in [7, 11) is 1.90. The van der Waals surface area contributed by atoms with Crippen molar-refractivity contribution >= 4 is 17.7 Å². The standard InChI is InChI=1S/C23H33N5O3S/c1-5-9-18-19(12-13-31-18)32-22-27-26-20(28(22)4)17(25-21(29)23(2,3)24)15-30-14-16-10-7-6-8-11-16/h6-11,17,19H,5,12-15,24H2,1-4H3,(H,25,29)/b18-9+. The van der Waals surface area contributed by atoms with E-state index in [1.54, 1.807) is 25.6 Å². The largest absolute Gasteiger partial charge is 0.497 e. The molecular formula is C23H33N5O3S. The Bertz CT molecular complexity index is 923. The van der Waals surface area contributed by atoms with Crippen molar-refractivity contribution in [3.63, 3.8) is 0 Å². The Balaban J connectivity index is 1.74. The molecular weight excluding hydrogens is 426 g/mol. The number of aromatic nitrogens is 3.